The summed E-state index contributed by atoms with van der Waals surface area (Å²) in [6.45, 7) is 2.68. The predicted octanol–water partition coefficient (Wildman–Crippen LogP) is 3.74. The van der Waals surface area contributed by atoms with Crippen LogP contribution in [0.15, 0.2) is 61.2 Å². The highest BCUT2D eigenvalue weighted by Gasteiger charge is 2.38. The minimum Gasteiger partial charge on any atom is -0.475 e. The number of halogens is 6. The number of carboxylic acids is 2. The number of aromatic nitrogens is 3. The number of hydrogen-bond acceptors (Lipinski definition) is 6. The molecular formula is C24H23F6N5O5. The summed E-state index contributed by atoms with van der Waals surface area (Å²) >= 11 is 0. The van der Waals surface area contributed by atoms with Crippen molar-refractivity contribution in [3.05, 3.63) is 78.0 Å². The highest BCUT2D eigenvalue weighted by atomic mass is 19.4. The maximum atomic E-state index is 13.0. The van der Waals surface area contributed by atoms with Crippen LogP contribution >= 0.6 is 0 Å². The fourth-order valence-electron chi connectivity index (χ4n) is 3.36. The van der Waals surface area contributed by atoms with Crippen LogP contribution < -0.4 is 4.90 Å². The molecule has 1 aliphatic rings. The van der Waals surface area contributed by atoms with Gasteiger partial charge in [0.05, 0.1) is 0 Å². The maximum absolute atomic E-state index is 13.0. The first-order valence-electron chi connectivity index (χ1n) is 11.2. The van der Waals surface area contributed by atoms with Gasteiger partial charge < -0.3 is 24.6 Å². The lowest BCUT2D eigenvalue weighted by molar-refractivity contribution is -0.193. The monoisotopic (exact) mass is 575 g/mol. The number of carboxylic acid groups (broad SMARTS) is 2. The molecule has 4 rings (SSSR count). The Hall–Kier alpha value is -4.63. The predicted molar refractivity (Wildman–Crippen MR) is 127 cm³/mol. The fraction of sp³-hybridized carbons (Fsp3) is 0.292. The molecule has 1 aliphatic heterocycles. The van der Waals surface area contributed by atoms with Crippen LogP contribution in [0.2, 0.25) is 0 Å². The minimum absolute atomic E-state index is 0.0514. The molecule has 0 bridgehead atoms. The molecule has 0 atom stereocenters. The fourth-order valence-corrected chi connectivity index (χ4v) is 3.36. The molecule has 16 heteroatoms. The van der Waals surface area contributed by atoms with E-state index in [1.165, 1.54) is 0 Å². The minimum atomic E-state index is -5.08. The molecule has 0 aromatic carbocycles. The molecule has 0 radical (unpaired) electrons. The lowest BCUT2D eigenvalue weighted by Crippen LogP contribution is -2.36. The van der Waals surface area contributed by atoms with Crippen molar-refractivity contribution in [2.24, 2.45) is 7.05 Å². The van der Waals surface area contributed by atoms with Crippen LogP contribution in [0.25, 0.3) is 0 Å². The number of aryl methyl sites for hydroxylation is 1. The molecule has 216 valence electrons. The second-order valence-electron chi connectivity index (χ2n) is 8.11. The van der Waals surface area contributed by atoms with E-state index >= 15 is 0 Å². The van der Waals surface area contributed by atoms with Gasteiger partial charge in [-0.15, -0.1) is 0 Å². The van der Waals surface area contributed by atoms with Crippen molar-refractivity contribution in [2.45, 2.75) is 25.4 Å². The van der Waals surface area contributed by atoms with E-state index < -0.39 is 24.3 Å². The second-order valence-corrected chi connectivity index (χ2v) is 8.11. The number of anilines is 1. The van der Waals surface area contributed by atoms with Crippen LogP contribution in [-0.4, -0.2) is 72.9 Å². The van der Waals surface area contributed by atoms with Crippen LogP contribution in [0.5, 0.6) is 0 Å². The molecule has 10 nitrogen and oxygen atoms in total. The molecule has 3 aromatic rings. The first kappa shape index (κ1) is 31.6. The Bertz CT molecular complexity index is 1270. The molecule has 40 heavy (non-hydrogen) atoms. The Labute approximate surface area is 223 Å². The quantitative estimate of drug-likeness (QED) is 0.452. The Morgan fingerprint density at radius 2 is 1.50 bits per heavy atom. The van der Waals surface area contributed by atoms with Gasteiger partial charge in [0.1, 0.15) is 11.5 Å². The first-order chi connectivity index (χ1) is 18.6. The Kier molecular flexibility index (Phi) is 10.6. The molecule has 0 fully saturated rings. The van der Waals surface area contributed by atoms with Crippen molar-refractivity contribution in [1.82, 2.24) is 19.4 Å². The summed E-state index contributed by atoms with van der Waals surface area (Å²) < 4.78 is 65.3. The number of aliphatic carboxylic acids is 2. The lowest BCUT2D eigenvalue weighted by Gasteiger charge is -2.24. The van der Waals surface area contributed by atoms with Gasteiger partial charge in [0, 0.05) is 63.6 Å². The Balaban J connectivity index is 0.000000333. The Morgan fingerprint density at radius 1 is 0.900 bits per heavy atom. The molecule has 0 saturated carbocycles. The van der Waals surface area contributed by atoms with E-state index in [1.807, 2.05) is 59.4 Å². The van der Waals surface area contributed by atoms with E-state index in [2.05, 4.69) is 27.0 Å². The first-order valence-corrected chi connectivity index (χ1v) is 11.2. The van der Waals surface area contributed by atoms with E-state index in [0.717, 1.165) is 30.0 Å². The van der Waals surface area contributed by atoms with E-state index in [4.69, 9.17) is 19.8 Å². The Morgan fingerprint density at radius 3 is 2.00 bits per heavy atom. The summed E-state index contributed by atoms with van der Waals surface area (Å²) in [5.74, 6) is -4.52. The molecule has 0 unspecified atom stereocenters. The van der Waals surface area contributed by atoms with Gasteiger partial charge in [-0.05, 0) is 29.8 Å². The largest absolute Gasteiger partial charge is 0.490 e. The highest BCUT2D eigenvalue weighted by molar-refractivity contribution is 5.93. The average Bonchev–Trinajstić information content (AvgIpc) is 3.22. The van der Waals surface area contributed by atoms with Crippen LogP contribution in [0.1, 0.15) is 21.6 Å². The van der Waals surface area contributed by atoms with Gasteiger partial charge in [-0.3, -0.25) is 9.78 Å². The van der Waals surface area contributed by atoms with Gasteiger partial charge in [-0.1, -0.05) is 12.1 Å². The number of fused-ring (bicyclic) bond motifs is 1. The lowest BCUT2D eigenvalue weighted by atomic mass is 10.2. The normalized spacial score (nSPS) is 13.1. The summed E-state index contributed by atoms with van der Waals surface area (Å²) in [6.07, 6.45) is -2.81. The average molecular weight is 575 g/mol. The van der Waals surface area contributed by atoms with E-state index in [-0.39, 0.29) is 5.91 Å². The van der Waals surface area contributed by atoms with Gasteiger partial charge in [-0.25, -0.2) is 14.6 Å². The third-order valence-corrected chi connectivity index (χ3v) is 5.20. The van der Waals surface area contributed by atoms with Gasteiger partial charge in [0.15, 0.2) is 0 Å². The molecule has 2 N–H and O–H groups in total. The highest BCUT2D eigenvalue weighted by Crippen LogP contribution is 2.25. The number of amides is 1. The third kappa shape index (κ3) is 9.28. The molecular weight excluding hydrogens is 552 g/mol. The third-order valence-electron chi connectivity index (χ3n) is 5.20. The summed E-state index contributed by atoms with van der Waals surface area (Å²) in [5.41, 5.74) is 2.90. The van der Waals surface area contributed by atoms with Crippen molar-refractivity contribution in [3.8, 4) is 0 Å². The molecule has 0 saturated heterocycles. The molecule has 0 aliphatic carbocycles. The number of hydrogen-bond donors (Lipinski definition) is 2. The molecule has 3 aromatic heterocycles. The van der Waals surface area contributed by atoms with E-state index in [9.17, 15) is 31.1 Å². The number of carbonyl (C=O) groups is 3. The van der Waals surface area contributed by atoms with Crippen molar-refractivity contribution in [3.63, 3.8) is 0 Å². The van der Waals surface area contributed by atoms with Crippen LogP contribution in [0, 0.1) is 0 Å². The van der Waals surface area contributed by atoms with Crippen molar-refractivity contribution in [1.29, 1.82) is 0 Å². The maximum Gasteiger partial charge on any atom is 0.490 e. The molecule has 4 heterocycles. The van der Waals surface area contributed by atoms with E-state index in [0.29, 0.717) is 18.8 Å². The van der Waals surface area contributed by atoms with E-state index in [1.54, 1.807) is 6.20 Å². The number of rotatable bonds is 3. The summed E-state index contributed by atoms with van der Waals surface area (Å²) in [4.78, 5) is 43.7. The summed E-state index contributed by atoms with van der Waals surface area (Å²) in [6, 6.07) is 11.7. The number of nitrogens with zero attached hydrogens (tertiary/aromatic N) is 5. The van der Waals surface area contributed by atoms with Gasteiger partial charge in [0.25, 0.3) is 5.91 Å². The number of carbonyl (C=O) groups excluding carboxylic acids is 1. The summed E-state index contributed by atoms with van der Waals surface area (Å²) in [7, 11) is 1.90. The summed E-state index contributed by atoms with van der Waals surface area (Å²) in [5, 5.41) is 14.2. The van der Waals surface area contributed by atoms with Gasteiger partial charge in [0.2, 0.25) is 0 Å². The second kappa shape index (κ2) is 13.4. The van der Waals surface area contributed by atoms with Crippen molar-refractivity contribution < 1.29 is 50.9 Å². The SMILES string of the molecule is Cn1cccc1C(=O)N1CCN(Cc2cccnc2)c2ncccc2C1.O=C(O)C(F)(F)F.O=C(O)C(F)(F)F. The zero-order valence-corrected chi connectivity index (χ0v) is 20.7. The zero-order chi connectivity index (χ0) is 30.1. The van der Waals surface area contributed by atoms with Crippen LogP contribution in [0.4, 0.5) is 32.2 Å². The number of pyridine rings is 2. The van der Waals surface area contributed by atoms with Crippen LogP contribution in [-0.2, 0) is 29.7 Å². The zero-order valence-electron chi connectivity index (χ0n) is 20.7. The van der Waals surface area contributed by atoms with Crippen molar-refractivity contribution in [2.75, 3.05) is 18.0 Å². The van der Waals surface area contributed by atoms with Gasteiger partial charge in [-0.2, -0.15) is 26.3 Å². The van der Waals surface area contributed by atoms with Crippen molar-refractivity contribution >= 4 is 23.7 Å². The topological polar surface area (TPSA) is 129 Å². The van der Waals surface area contributed by atoms with Crippen LogP contribution in [0.3, 0.4) is 0 Å². The van der Waals surface area contributed by atoms with Gasteiger partial charge >= 0.3 is 24.3 Å². The number of alkyl halides is 6. The molecule has 1 amide bonds. The molecule has 0 spiro atoms. The smallest absolute Gasteiger partial charge is 0.475 e. The standard InChI is InChI=1S/C20H21N5O.2C2HF3O2/c1-23-10-4-7-18(23)20(26)25-12-11-24(14-16-5-2-8-21-13-16)19-17(15-25)6-3-9-22-19;2*3-2(4,5)1(6)7/h2-10,13H,11-12,14-15H2,1H3;2*(H,6,7).